The van der Waals surface area contributed by atoms with Gasteiger partial charge in [-0.1, -0.05) is 35.9 Å². The van der Waals surface area contributed by atoms with E-state index in [2.05, 4.69) is 31.3 Å². The molecule has 0 atom stereocenters. The minimum atomic E-state index is -0.484. The second kappa shape index (κ2) is 9.76. The van der Waals surface area contributed by atoms with Gasteiger partial charge in [0.1, 0.15) is 6.54 Å². The Morgan fingerprint density at radius 3 is 2.59 bits per heavy atom. The van der Waals surface area contributed by atoms with Gasteiger partial charge in [-0.15, -0.1) is 0 Å². The normalized spacial score (nSPS) is 11.3. The number of rotatable bonds is 9. The zero-order chi connectivity index (χ0) is 20.8. The molecule has 1 amide bonds. The van der Waals surface area contributed by atoms with Crippen LogP contribution in [0.3, 0.4) is 0 Å². The topological polar surface area (TPSA) is 68.7 Å². The Hall–Kier alpha value is -2.57. The first-order valence-corrected chi connectivity index (χ1v) is 10.4. The van der Waals surface area contributed by atoms with Crippen LogP contribution in [0.25, 0.3) is 11.1 Å². The molecule has 0 saturated heterocycles. The fourth-order valence-corrected chi connectivity index (χ4v) is 3.58. The molecular formula is C22H27ClN3O3+. The van der Waals surface area contributed by atoms with Gasteiger partial charge in [-0.25, -0.2) is 4.79 Å². The monoisotopic (exact) mass is 416 g/mol. The van der Waals surface area contributed by atoms with E-state index in [1.807, 2.05) is 12.1 Å². The Balaban J connectivity index is 1.60. The molecule has 0 aliphatic heterocycles. The van der Waals surface area contributed by atoms with E-state index in [0.29, 0.717) is 22.7 Å². The number of halogens is 1. The predicted molar refractivity (Wildman–Crippen MR) is 114 cm³/mol. The highest BCUT2D eigenvalue weighted by molar-refractivity contribution is 6.31. The molecule has 2 aromatic carbocycles. The standard InChI is InChI=1S/C22H26ClN3O3/c1-3-25(4-2)15-17-8-6-5-7-16(17)14-24-21(27)11-12-26-19-10-9-18(23)13-20(19)29-22(26)28/h5-10,13H,3-4,11-12,14-15H2,1-2H3,(H,24,27)/p+1. The molecule has 1 heterocycles. The molecule has 0 radical (unpaired) electrons. The molecule has 0 spiro atoms. The maximum atomic E-state index is 12.4. The van der Waals surface area contributed by atoms with Gasteiger partial charge in [-0.3, -0.25) is 9.36 Å². The molecular weight excluding hydrogens is 390 g/mol. The molecule has 0 aliphatic carbocycles. The number of nitrogens with one attached hydrogen (secondary N) is 2. The summed E-state index contributed by atoms with van der Waals surface area (Å²) in [5.74, 6) is -0.590. The van der Waals surface area contributed by atoms with Gasteiger partial charge in [-0.05, 0) is 31.5 Å². The summed E-state index contributed by atoms with van der Waals surface area (Å²) >= 11 is 5.93. The van der Waals surface area contributed by atoms with Crippen LogP contribution in [0, 0.1) is 0 Å². The van der Waals surface area contributed by atoms with Gasteiger partial charge in [0.15, 0.2) is 5.58 Å². The fourth-order valence-electron chi connectivity index (χ4n) is 3.42. The first-order valence-electron chi connectivity index (χ1n) is 9.97. The average Bonchev–Trinajstić information content (AvgIpc) is 3.03. The number of carbonyl (C=O) groups excluding carboxylic acids is 1. The van der Waals surface area contributed by atoms with Crippen molar-refractivity contribution in [1.29, 1.82) is 0 Å². The van der Waals surface area contributed by atoms with Crippen molar-refractivity contribution in [2.45, 2.75) is 39.9 Å². The third kappa shape index (κ3) is 5.28. The lowest BCUT2D eigenvalue weighted by Crippen LogP contribution is -3.10. The van der Waals surface area contributed by atoms with Crippen LogP contribution in [0.15, 0.2) is 51.7 Å². The van der Waals surface area contributed by atoms with Gasteiger partial charge in [-0.2, -0.15) is 0 Å². The summed E-state index contributed by atoms with van der Waals surface area (Å²) in [6.07, 6.45) is 0.195. The minimum Gasteiger partial charge on any atom is -0.408 e. The molecule has 3 rings (SSSR count). The van der Waals surface area contributed by atoms with E-state index in [9.17, 15) is 9.59 Å². The van der Waals surface area contributed by atoms with Gasteiger partial charge in [0.2, 0.25) is 5.91 Å². The Bertz CT molecular complexity index is 1040. The first-order chi connectivity index (χ1) is 14.0. The van der Waals surface area contributed by atoms with E-state index >= 15 is 0 Å². The molecule has 6 nitrogen and oxygen atoms in total. The number of hydrogen-bond acceptors (Lipinski definition) is 3. The van der Waals surface area contributed by atoms with Crippen molar-refractivity contribution in [2.24, 2.45) is 0 Å². The second-order valence-corrected chi connectivity index (χ2v) is 7.50. The summed E-state index contributed by atoms with van der Waals surface area (Å²) in [6.45, 7) is 8.16. The molecule has 154 valence electrons. The smallest absolute Gasteiger partial charge is 0.408 e. The van der Waals surface area contributed by atoms with E-state index in [4.69, 9.17) is 16.0 Å². The van der Waals surface area contributed by atoms with Crippen molar-refractivity contribution < 1.29 is 14.1 Å². The molecule has 0 bridgehead atoms. The molecule has 2 N–H and O–H groups in total. The maximum absolute atomic E-state index is 12.4. The molecule has 0 unspecified atom stereocenters. The van der Waals surface area contributed by atoms with Gasteiger partial charge in [0, 0.05) is 36.2 Å². The predicted octanol–water partition coefficient (Wildman–Crippen LogP) is 2.38. The van der Waals surface area contributed by atoms with Crippen LogP contribution in [-0.4, -0.2) is 23.6 Å². The molecule has 0 fully saturated rings. The Kier molecular flexibility index (Phi) is 7.12. The SMILES string of the molecule is CC[NH+](CC)Cc1ccccc1CNC(=O)CCn1c(=O)oc2cc(Cl)ccc21. The van der Waals surface area contributed by atoms with Crippen molar-refractivity contribution in [2.75, 3.05) is 13.1 Å². The number of aryl methyl sites for hydroxylation is 1. The summed E-state index contributed by atoms with van der Waals surface area (Å²) in [4.78, 5) is 25.9. The van der Waals surface area contributed by atoms with Crippen LogP contribution in [0.5, 0.6) is 0 Å². The summed E-state index contributed by atoms with van der Waals surface area (Å²) in [5.41, 5.74) is 3.44. The van der Waals surface area contributed by atoms with E-state index in [1.165, 1.54) is 15.0 Å². The summed E-state index contributed by atoms with van der Waals surface area (Å²) in [6, 6.07) is 13.2. The number of carbonyl (C=O) groups is 1. The summed E-state index contributed by atoms with van der Waals surface area (Å²) < 4.78 is 6.67. The summed E-state index contributed by atoms with van der Waals surface area (Å²) in [7, 11) is 0. The Morgan fingerprint density at radius 1 is 1.14 bits per heavy atom. The maximum Gasteiger partial charge on any atom is 0.419 e. The van der Waals surface area contributed by atoms with Crippen LogP contribution >= 0.6 is 11.6 Å². The van der Waals surface area contributed by atoms with E-state index in [1.54, 1.807) is 18.2 Å². The van der Waals surface area contributed by atoms with Crippen LogP contribution in [0.1, 0.15) is 31.4 Å². The van der Waals surface area contributed by atoms with Crippen molar-refractivity contribution in [1.82, 2.24) is 9.88 Å². The van der Waals surface area contributed by atoms with Crippen LogP contribution < -0.4 is 16.0 Å². The van der Waals surface area contributed by atoms with E-state index in [-0.39, 0.29) is 18.9 Å². The van der Waals surface area contributed by atoms with Gasteiger partial charge in [0.25, 0.3) is 0 Å². The van der Waals surface area contributed by atoms with Crippen molar-refractivity contribution in [3.63, 3.8) is 0 Å². The van der Waals surface area contributed by atoms with Gasteiger partial charge in [0.05, 0.1) is 18.6 Å². The highest BCUT2D eigenvalue weighted by Crippen LogP contribution is 2.18. The lowest BCUT2D eigenvalue weighted by molar-refractivity contribution is -0.910. The van der Waals surface area contributed by atoms with E-state index in [0.717, 1.165) is 25.2 Å². The number of nitrogens with zero attached hydrogens (tertiary/aromatic N) is 1. The fraction of sp³-hybridized carbons (Fsp3) is 0.364. The number of amides is 1. The quantitative estimate of drug-likeness (QED) is 0.562. The highest BCUT2D eigenvalue weighted by Gasteiger charge is 2.13. The average molecular weight is 417 g/mol. The summed E-state index contributed by atoms with van der Waals surface area (Å²) in [5, 5.41) is 3.47. The highest BCUT2D eigenvalue weighted by atomic mass is 35.5. The lowest BCUT2D eigenvalue weighted by Gasteiger charge is -2.18. The Labute approximate surface area is 175 Å². The molecule has 3 aromatic rings. The molecule has 29 heavy (non-hydrogen) atoms. The zero-order valence-electron chi connectivity index (χ0n) is 16.8. The third-order valence-corrected chi connectivity index (χ3v) is 5.46. The molecule has 0 saturated carbocycles. The second-order valence-electron chi connectivity index (χ2n) is 7.06. The lowest BCUT2D eigenvalue weighted by atomic mass is 10.1. The molecule has 1 aromatic heterocycles. The van der Waals surface area contributed by atoms with Crippen molar-refractivity contribution in [3.8, 4) is 0 Å². The number of hydrogen-bond donors (Lipinski definition) is 2. The third-order valence-electron chi connectivity index (χ3n) is 5.23. The minimum absolute atomic E-state index is 0.106. The molecule has 0 aliphatic rings. The van der Waals surface area contributed by atoms with Crippen LogP contribution in [0.2, 0.25) is 5.02 Å². The first kappa shape index (κ1) is 21.1. The van der Waals surface area contributed by atoms with Crippen molar-refractivity contribution in [3.05, 3.63) is 69.2 Å². The number of quaternary nitrogens is 1. The van der Waals surface area contributed by atoms with Gasteiger partial charge >= 0.3 is 5.76 Å². The Morgan fingerprint density at radius 2 is 1.86 bits per heavy atom. The zero-order valence-corrected chi connectivity index (χ0v) is 17.6. The van der Waals surface area contributed by atoms with E-state index < -0.39 is 5.76 Å². The number of aromatic nitrogens is 1. The largest absolute Gasteiger partial charge is 0.419 e. The van der Waals surface area contributed by atoms with Crippen LogP contribution in [0.4, 0.5) is 0 Å². The van der Waals surface area contributed by atoms with Gasteiger partial charge < -0.3 is 14.6 Å². The van der Waals surface area contributed by atoms with Crippen LogP contribution in [-0.2, 0) is 24.4 Å². The molecule has 7 heteroatoms. The number of oxazole rings is 1. The number of fused-ring (bicyclic) bond motifs is 1. The van der Waals surface area contributed by atoms with Crippen molar-refractivity contribution >= 4 is 28.6 Å². The number of benzene rings is 2.